The van der Waals surface area contributed by atoms with Crippen LogP contribution in [0.25, 0.3) is 0 Å². The van der Waals surface area contributed by atoms with E-state index in [9.17, 15) is 22.7 Å². The fourth-order valence-electron chi connectivity index (χ4n) is 3.86. The molecular weight excluding hydrogens is 445 g/mol. The van der Waals surface area contributed by atoms with Gasteiger partial charge in [-0.3, -0.25) is 9.10 Å². The highest BCUT2D eigenvalue weighted by Gasteiger charge is 2.36. The third-order valence-electron chi connectivity index (χ3n) is 5.75. The maximum atomic E-state index is 13.8. The van der Waals surface area contributed by atoms with E-state index in [-0.39, 0.29) is 30.3 Å². The van der Waals surface area contributed by atoms with Crippen LogP contribution >= 0.6 is 0 Å². The molecule has 0 bridgehead atoms. The number of nitrogens with zero attached hydrogens (tertiary/aromatic N) is 1. The Balaban J connectivity index is 1.69. The fraction of sp³-hybridized carbons (Fsp3) is 0.240. The Bertz CT molecular complexity index is 1320. The first-order chi connectivity index (χ1) is 15.6. The van der Waals surface area contributed by atoms with Crippen LogP contribution in [0.4, 0.5) is 10.1 Å². The minimum atomic E-state index is -3.99. The Morgan fingerprint density at radius 3 is 2.61 bits per heavy atom. The zero-order valence-corrected chi connectivity index (χ0v) is 19.1. The summed E-state index contributed by atoms with van der Waals surface area (Å²) in [6, 6.07) is 16.3. The van der Waals surface area contributed by atoms with Gasteiger partial charge in [0.15, 0.2) is 0 Å². The maximum absolute atomic E-state index is 13.8. The summed E-state index contributed by atoms with van der Waals surface area (Å²) in [6.07, 6.45) is 0.216. The van der Waals surface area contributed by atoms with Gasteiger partial charge in [-0.2, -0.15) is 0 Å². The van der Waals surface area contributed by atoms with Crippen LogP contribution in [0.3, 0.4) is 0 Å². The van der Waals surface area contributed by atoms with Crippen molar-refractivity contribution in [3.63, 3.8) is 0 Å². The molecule has 0 spiro atoms. The van der Waals surface area contributed by atoms with Crippen molar-refractivity contribution in [2.24, 2.45) is 5.92 Å². The lowest BCUT2D eigenvalue weighted by Crippen LogP contribution is -2.42. The van der Waals surface area contributed by atoms with Crippen LogP contribution < -0.4 is 9.04 Å². The molecule has 1 unspecified atom stereocenters. The summed E-state index contributed by atoms with van der Waals surface area (Å²) in [7, 11) is -3.99. The molecular formula is C25H24FNO5S. The number of aryl methyl sites for hydroxylation is 2. The molecule has 1 aliphatic rings. The Morgan fingerprint density at radius 1 is 1.12 bits per heavy atom. The molecule has 8 heteroatoms. The molecule has 4 rings (SSSR count). The topological polar surface area (TPSA) is 83.9 Å². The largest absolute Gasteiger partial charge is 0.489 e. The summed E-state index contributed by atoms with van der Waals surface area (Å²) in [5, 5.41) is 9.59. The van der Waals surface area contributed by atoms with Crippen molar-refractivity contribution in [2.45, 2.75) is 31.8 Å². The molecule has 0 fully saturated rings. The van der Waals surface area contributed by atoms with Gasteiger partial charge in [0.1, 0.15) is 18.2 Å². The van der Waals surface area contributed by atoms with Crippen molar-refractivity contribution < 1.29 is 27.4 Å². The van der Waals surface area contributed by atoms with Crippen molar-refractivity contribution in [3.05, 3.63) is 88.7 Å². The molecule has 33 heavy (non-hydrogen) atoms. The average molecular weight is 470 g/mol. The Kier molecular flexibility index (Phi) is 6.12. The molecule has 1 aliphatic heterocycles. The van der Waals surface area contributed by atoms with Gasteiger partial charge in [0.2, 0.25) is 0 Å². The van der Waals surface area contributed by atoms with Gasteiger partial charge in [-0.25, -0.2) is 12.8 Å². The smallest absolute Gasteiger partial charge is 0.308 e. The van der Waals surface area contributed by atoms with E-state index >= 15 is 0 Å². The number of halogens is 1. The zero-order valence-electron chi connectivity index (χ0n) is 18.3. The lowest BCUT2D eigenvalue weighted by Gasteiger charge is -2.34. The molecule has 0 saturated carbocycles. The van der Waals surface area contributed by atoms with Crippen molar-refractivity contribution in [1.82, 2.24) is 0 Å². The van der Waals surface area contributed by atoms with Crippen molar-refractivity contribution in [2.75, 3.05) is 10.8 Å². The summed E-state index contributed by atoms with van der Waals surface area (Å²) >= 11 is 0. The number of ether oxygens (including phenoxy) is 1. The maximum Gasteiger partial charge on any atom is 0.308 e. The molecule has 3 aromatic rings. The highest BCUT2D eigenvalue weighted by molar-refractivity contribution is 7.92. The van der Waals surface area contributed by atoms with Crippen LogP contribution in [-0.4, -0.2) is 26.0 Å². The van der Waals surface area contributed by atoms with Gasteiger partial charge in [-0.15, -0.1) is 0 Å². The molecule has 1 atom stereocenters. The molecule has 0 saturated heterocycles. The molecule has 6 nitrogen and oxygen atoms in total. The van der Waals surface area contributed by atoms with Crippen molar-refractivity contribution in [3.8, 4) is 5.75 Å². The second kappa shape index (κ2) is 8.86. The molecule has 172 valence electrons. The minimum Gasteiger partial charge on any atom is -0.489 e. The number of sulfonamides is 1. The van der Waals surface area contributed by atoms with Crippen LogP contribution in [0.5, 0.6) is 5.75 Å². The van der Waals surface area contributed by atoms with Gasteiger partial charge in [0.25, 0.3) is 10.0 Å². The number of carbonyl (C=O) groups is 1. The lowest BCUT2D eigenvalue weighted by atomic mass is 9.94. The van der Waals surface area contributed by atoms with E-state index in [1.165, 1.54) is 12.1 Å². The number of hydrogen-bond donors (Lipinski definition) is 1. The highest BCUT2D eigenvalue weighted by atomic mass is 32.2. The lowest BCUT2D eigenvalue weighted by molar-refractivity contribution is -0.141. The first kappa shape index (κ1) is 22.8. The van der Waals surface area contributed by atoms with E-state index in [0.29, 0.717) is 28.1 Å². The minimum absolute atomic E-state index is 0.0981. The van der Waals surface area contributed by atoms with Crippen LogP contribution in [0.2, 0.25) is 0 Å². The van der Waals surface area contributed by atoms with Crippen LogP contribution in [0, 0.1) is 25.6 Å². The van der Waals surface area contributed by atoms with Gasteiger partial charge < -0.3 is 9.84 Å². The average Bonchev–Trinajstić information content (AvgIpc) is 2.79. The number of carboxylic acids is 1. The van der Waals surface area contributed by atoms with E-state index in [1.54, 1.807) is 62.4 Å². The van der Waals surface area contributed by atoms with Crippen LogP contribution in [0.1, 0.15) is 22.3 Å². The number of rotatable bonds is 6. The predicted molar refractivity (Wildman–Crippen MR) is 122 cm³/mol. The van der Waals surface area contributed by atoms with E-state index in [0.717, 1.165) is 9.87 Å². The summed E-state index contributed by atoms with van der Waals surface area (Å²) in [5.74, 6) is -1.82. The number of fused-ring (bicyclic) bond motifs is 1. The Labute approximate surface area is 192 Å². The quantitative estimate of drug-likeness (QED) is 0.576. The summed E-state index contributed by atoms with van der Waals surface area (Å²) < 4.78 is 47.7. The molecule has 3 aromatic carbocycles. The summed E-state index contributed by atoms with van der Waals surface area (Å²) in [5.41, 5.74) is 2.97. The van der Waals surface area contributed by atoms with Crippen LogP contribution in [0.15, 0.2) is 65.6 Å². The second-order valence-electron chi connectivity index (χ2n) is 8.25. The first-order valence-corrected chi connectivity index (χ1v) is 11.9. The Hall–Kier alpha value is -3.39. The summed E-state index contributed by atoms with van der Waals surface area (Å²) in [6.45, 7) is 3.41. The fourth-order valence-corrected chi connectivity index (χ4v) is 5.50. The molecule has 0 aliphatic carbocycles. The van der Waals surface area contributed by atoms with Gasteiger partial charge in [0, 0.05) is 12.6 Å². The standard InChI is InChI=1S/C25H24FNO5S/c1-16-4-3-5-22(10-16)33(30,31)27-14-20(25(28)29)12-19-8-9-21(13-24(19)27)32-15-18-7-6-17(2)23(26)11-18/h3-11,13,20H,12,14-15H2,1-2H3,(H,28,29). The summed E-state index contributed by atoms with van der Waals surface area (Å²) in [4.78, 5) is 11.8. The third kappa shape index (κ3) is 4.71. The van der Waals surface area contributed by atoms with Gasteiger partial charge in [-0.05, 0) is 66.8 Å². The predicted octanol–water partition coefficient (Wildman–Crippen LogP) is 4.47. The van der Waals surface area contributed by atoms with Gasteiger partial charge in [-0.1, -0.05) is 30.3 Å². The van der Waals surface area contributed by atoms with E-state index < -0.39 is 21.9 Å². The monoisotopic (exact) mass is 469 g/mol. The normalized spacial score (nSPS) is 15.7. The second-order valence-corrected chi connectivity index (χ2v) is 10.1. The molecule has 1 N–H and O–H groups in total. The number of hydrogen-bond acceptors (Lipinski definition) is 4. The number of aliphatic carboxylic acids is 1. The third-order valence-corrected chi connectivity index (χ3v) is 7.52. The van der Waals surface area contributed by atoms with E-state index in [2.05, 4.69) is 0 Å². The van der Waals surface area contributed by atoms with E-state index in [4.69, 9.17) is 4.74 Å². The number of benzene rings is 3. The molecule has 0 amide bonds. The first-order valence-electron chi connectivity index (χ1n) is 10.5. The number of carboxylic acid groups (broad SMARTS) is 1. The SMILES string of the molecule is Cc1cccc(S(=O)(=O)N2CC(C(=O)O)Cc3ccc(OCc4ccc(C)c(F)c4)cc32)c1. The van der Waals surface area contributed by atoms with E-state index in [1.807, 2.05) is 0 Å². The molecule has 0 radical (unpaired) electrons. The van der Waals surface area contributed by atoms with Crippen molar-refractivity contribution in [1.29, 1.82) is 0 Å². The van der Waals surface area contributed by atoms with Crippen molar-refractivity contribution >= 4 is 21.7 Å². The van der Waals surface area contributed by atoms with Gasteiger partial charge in [0.05, 0.1) is 16.5 Å². The zero-order chi connectivity index (χ0) is 23.8. The highest BCUT2D eigenvalue weighted by Crippen LogP contribution is 2.37. The Morgan fingerprint density at radius 2 is 1.91 bits per heavy atom. The molecule has 0 aromatic heterocycles. The van der Waals surface area contributed by atoms with Gasteiger partial charge >= 0.3 is 5.97 Å². The van der Waals surface area contributed by atoms with Crippen LogP contribution in [-0.2, 0) is 27.8 Å². The molecule has 1 heterocycles. The number of anilines is 1.